The first-order valence-electron chi connectivity index (χ1n) is 6.32. The van der Waals surface area contributed by atoms with Gasteiger partial charge in [-0.05, 0) is 37.3 Å². The van der Waals surface area contributed by atoms with Gasteiger partial charge in [0.05, 0.1) is 18.0 Å². The molecule has 0 atom stereocenters. The molecule has 1 heterocycles. The Bertz CT molecular complexity index is 704. The van der Waals surface area contributed by atoms with E-state index < -0.39 is 0 Å². The lowest BCUT2D eigenvalue weighted by molar-refractivity contribution is 0.339. The maximum Gasteiger partial charge on any atom is 0.237 e. The first kappa shape index (κ1) is 14.2. The minimum absolute atomic E-state index is 0.230. The van der Waals surface area contributed by atoms with Gasteiger partial charge in [-0.15, -0.1) is 0 Å². The van der Waals surface area contributed by atoms with Crippen molar-refractivity contribution in [1.29, 1.82) is 10.5 Å². The summed E-state index contributed by atoms with van der Waals surface area (Å²) in [6, 6.07) is 12.6. The largest absolute Gasteiger partial charge is 0.492 e. The summed E-state index contributed by atoms with van der Waals surface area (Å²) in [7, 11) is 0. The first-order valence-corrected chi connectivity index (χ1v) is 6.32. The van der Waals surface area contributed by atoms with Crippen molar-refractivity contribution in [2.45, 2.75) is 6.92 Å². The molecule has 0 unspecified atom stereocenters. The second-order valence-corrected chi connectivity index (χ2v) is 4.00. The number of hydrogen-bond acceptors (Lipinski definition) is 5. The van der Waals surface area contributed by atoms with Gasteiger partial charge in [0.25, 0.3) is 0 Å². The van der Waals surface area contributed by atoms with Crippen LogP contribution in [0, 0.1) is 22.7 Å². The SMILES string of the molecule is CCOc1ccc(NN=C(C#N)C#N)cc1-n1cccc1. The van der Waals surface area contributed by atoms with Crippen molar-refractivity contribution in [3.8, 4) is 23.6 Å². The van der Waals surface area contributed by atoms with Crippen molar-refractivity contribution in [3.05, 3.63) is 42.7 Å². The molecule has 0 saturated carbocycles. The molecule has 2 aromatic rings. The van der Waals surface area contributed by atoms with E-state index in [1.807, 2.05) is 48.1 Å². The highest BCUT2D eigenvalue weighted by atomic mass is 16.5. The van der Waals surface area contributed by atoms with E-state index in [4.69, 9.17) is 15.3 Å². The molecular weight excluding hydrogens is 266 g/mol. The number of benzene rings is 1. The van der Waals surface area contributed by atoms with Crippen LogP contribution in [0.2, 0.25) is 0 Å². The van der Waals surface area contributed by atoms with Crippen molar-refractivity contribution in [2.24, 2.45) is 5.10 Å². The fourth-order valence-electron chi connectivity index (χ4n) is 1.76. The van der Waals surface area contributed by atoms with E-state index in [-0.39, 0.29) is 5.71 Å². The van der Waals surface area contributed by atoms with Crippen LogP contribution in [0.5, 0.6) is 5.75 Å². The number of aromatic nitrogens is 1. The van der Waals surface area contributed by atoms with Crippen molar-refractivity contribution >= 4 is 11.4 Å². The molecule has 6 nitrogen and oxygen atoms in total. The van der Waals surface area contributed by atoms with E-state index in [2.05, 4.69) is 10.5 Å². The summed E-state index contributed by atoms with van der Waals surface area (Å²) < 4.78 is 7.51. The smallest absolute Gasteiger partial charge is 0.237 e. The summed E-state index contributed by atoms with van der Waals surface area (Å²) in [6.07, 6.45) is 3.81. The van der Waals surface area contributed by atoms with Crippen molar-refractivity contribution in [3.63, 3.8) is 0 Å². The van der Waals surface area contributed by atoms with Gasteiger partial charge >= 0.3 is 0 Å². The molecule has 0 saturated heterocycles. The first-order chi connectivity index (χ1) is 10.3. The minimum Gasteiger partial charge on any atom is -0.492 e. The second kappa shape index (κ2) is 6.78. The third-order valence-corrected chi connectivity index (χ3v) is 2.65. The monoisotopic (exact) mass is 279 g/mol. The lowest BCUT2D eigenvalue weighted by Crippen LogP contribution is -2.01. The average Bonchev–Trinajstić information content (AvgIpc) is 3.04. The van der Waals surface area contributed by atoms with Gasteiger partial charge < -0.3 is 9.30 Å². The van der Waals surface area contributed by atoms with Gasteiger partial charge in [-0.2, -0.15) is 15.6 Å². The predicted molar refractivity (Wildman–Crippen MR) is 79.2 cm³/mol. The number of hydrazone groups is 1. The third kappa shape index (κ3) is 3.40. The molecule has 1 N–H and O–H groups in total. The van der Waals surface area contributed by atoms with Crippen LogP contribution in [0.25, 0.3) is 5.69 Å². The van der Waals surface area contributed by atoms with Crippen LogP contribution in [-0.2, 0) is 0 Å². The highest BCUT2D eigenvalue weighted by Gasteiger charge is 2.06. The Morgan fingerprint density at radius 1 is 1.29 bits per heavy atom. The van der Waals surface area contributed by atoms with E-state index in [0.717, 1.165) is 11.4 Å². The second-order valence-electron chi connectivity index (χ2n) is 4.00. The zero-order chi connectivity index (χ0) is 15.1. The number of rotatable bonds is 5. The fourth-order valence-corrected chi connectivity index (χ4v) is 1.76. The molecule has 21 heavy (non-hydrogen) atoms. The standard InChI is InChI=1S/C15H13N5O/c1-2-21-15-6-5-12(18-19-13(10-16)11-17)9-14(15)20-7-3-4-8-20/h3-9,18H,2H2,1H3. The Morgan fingerprint density at radius 3 is 2.62 bits per heavy atom. The van der Waals surface area contributed by atoms with Gasteiger partial charge in [0, 0.05) is 12.4 Å². The van der Waals surface area contributed by atoms with Crippen LogP contribution in [0.15, 0.2) is 47.8 Å². The average molecular weight is 279 g/mol. The van der Waals surface area contributed by atoms with Crippen LogP contribution >= 0.6 is 0 Å². The zero-order valence-corrected chi connectivity index (χ0v) is 11.4. The number of nitriles is 2. The van der Waals surface area contributed by atoms with E-state index >= 15 is 0 Å². The van der Waals surface area contributed by atoms with E-state index in [0.29, 0.717) is 12.3 Å². The Labute approximate surface area is 122 Å². The third-order valence-electron chi connectivity index (χ3n) is 2.65. The van der Waals surface area contributed by atoms with Crippen LogP contribution in [0.3, 0.4) is 0 Å². The predicted octanol–water partition coefficient (Wildman–Crippen LogP) is 2.69. The normalized spacial score (nSPS) is 9.29. The van der Waals surface area contributed by atoms with Crippen molar-refractivity contribution < 1.29 is 4.74 Å². The molecule has 0 fully saturated rings. The summed E-state index contributed by atoms with van der Waals surface area (Å²) in [4.78, 5) is 0. The number of anilines is 1. The summed E-state index contributed by atoms with van der Waals surface area (Å²) in [5.41, 5.74) is 3.96. The molecule has 104 valence electrons. The molecular formula is C15H13N5O. The molecule has 0 aliphatic rings. The van der Waals surface area contributed by atoms with Crippen molar-refractivity contribution in [2.75, 3.05) is 12.0 Å². The van der Waals surface area contributed by atoms with Crippen LogP contribution in [-0.4, -0.2) is 16.9 Å². The molecule has 0 radical (unpaired) electrons. The van der Waals surface area contributed by atoms with E-state index in [1.54, 1.807) is 18.2 Å². The van der Waals surface area contributed by atoms with E-state index in [1.165, 1.54) is 0 Å². The zero-order valence-electron chi connectivity index (χ0n) is 11.4. The molecule has 1 aromatic heterocycles. The maximum absolute atomic E-state index is 8.66. The molecule has 0 aliphatic heterocycles. The summed E-state index contributed by atoms with van der Waals surface area (Å²) >= 11 is 0. The molecule has 2 rings (SSSR count). The van der Waals surface area contributed by atoms with Crippen molar-refractivity contribution in [1.82, 2.24) is 4.57 Å². The lowest BCUT2D eigenvalue weighted by atomic mass is 10.2. The quantitative estimate of drug-likeness (QED) is 0.673. The Kier molecular flexibility index (Phi) is 4.58. The molecule has 0 bridgehead atoms. The lowest BCUT2D eigenvalue weighted by Gasteiger charge is -2.12. The molecule has 0 amide bonds. The molecule has 0 spiro atoms. The number of nitrogens with zero attached hydrogens (tertiary/aromatic N) is 4. The van der Waals surface area contributed by atoms with Gasteiger partial charge in [0.2, 0.25) is 5.71 Å². The van der Waals surface area contributed by atoms with E-state index in [9.17, 15) is 0 Å². The van der Waals surface area contributed by atoms with Gasteiger partial charge in [-0.1, -0.05) is 0 Å². The van der Waals surface area contributed by atoms with Gasteiger partial charge in [0.15, 0.2) is 0 Å². The Balaban J connectivity index is 2.34. The Hall–Kier alpha value is -3.25. The summed E-state index contributed by atoms with van der Waals surface area (Å²) in [5, 5.41) is 21.0. The van der Waals surface area contributed by atoms with Gasteiger partial charge in [-0.25, -0.2) is 0 Å². The highest BCUT2D eigenvalue weighted by Crippen LogP contribution is 2.26. The van der Waals surface area contributed by atoms with Crippen LogP contribution < -0.4 is 10.2 Å². The van der Waals surface area contributed by atoms with Crippen LogP contribution in [0.4, 0.5) is 5.69 Å². The number of hydrogen-bond donors (Lipinski definition) is 1. The summed E-state index contributed by atoms with van der Waals surface area (Å²) in [5.74, 6) is 0.740. The Morgan fingerprint density at radius 2 is 2.00 bits per heavy atom. The summed E-state index contributed by atoms with van der Waals surface area (Å²) in [6.45, 7) is 2.48. The number of ether oxygens (including phenoxy) is 1. The van der Waals surface area contributed by atoms with Gasteiger partial charge in [-0.3, -0.25) is 5.43 Å². The highest BCUT2D eigenvalue weighted by molar-refractivity contribution is 6.10. The van der Waals surface area contributed by atoms with Gasteiger partial charge in [0.1, 0.15) is 17.9 Å². The minimum atomic E-state index is -0.230. The van der Waals surface area contributed by atoms with Crippen LogP contribution in [0.1, 0.15) is 6.92 Å². The topological polar surface area (TPSA) is 86.1 Å². The molecule has 0 aliphatic carbocycles. The fraction of sp³-hybridized carbons (Fsp3) is 0.133. The maximum atomic E-state index is 8.66. The molecule has 1 aromatic carbocycles. The molecule has 6 heteroatoms. The number of nitrogens with one attached hydrogen (secondary N) is 1.